The summed E-state index contributed by atoms with van der Waals surface area (Å²) in [6.07, 6.45) is 8.77. The molecule has 0 aliphatic carbocycles. The Bertz CT molecular complexity index is 1250. The second kappa shape index (κ2) is 7.75. The van der Waals surface area contributed by atoms with E-state index in [1.54, 1.807) is 17.2 Å². The van der Waals surface area contributed by atoms with Crippen molar-refractivity contribution in [3.63, 3.8) is 0 Å². The van der Waals surface area contributed by atoms with Crippen molar-refractivity contribution in [3.05, 3.63) is 85.5 Å². The largest absolute Gasteiger partial charge is 0.324 e. The average molecular weight is 396 g/mol. The Kier molecular flexibility index (Phi) is 4.65. The Balaban J connectivity index is 1.62. The van der Waals surface area contributed by atoms with E-state index < -0.39 is 0 Å². The summed E-state index contributed by atoms with van der Waals surface area (Å²) in [7, 11) is 0. The number of aryl methyl sites for hydroxylation is 1. The van der Waals surface area contributed by atoms with E-state index in [2.05, 4.69) is 38.7 Å². The first-order valence-electron chi connectivity index (χ1n) is 9.76. The first-order chi connectivity index (χ1) is 14.8. The van der Waals surface area contributed by atoms with Gasteiger partial charge in [-0.2, -0.15) is 10.2 Å². The summed E-state index contributed by atoms with van der Waals surface area (Å²) in [6.45, 7) is 3.47. The maximum atomic E-state index is 4.74. The molecular formula is C22H20N8. The highest BCUT2D eigenvalue weighted by Gasteiger charge is 2.18. The highest BCUT2D eigenvalue weighted by molar-refractivity contribution is 5.76. The van der Waals surface area contributed by atoms with E-state index in [0.717, 1.165) is 40.6 Å². The van der Waals surface area contributed by atoms with E-state index in [4.69, 9.17) is 10.1 Å². The summed E-state index contributed by atoms with van der Waals surface area (Å²) in [5.41, 5.74) is 4.83. The molecule has 0 unspecified atom stereocenters. The number of hydrogen-bond acceptors (Lipinski definition) is 5. The second-order valence-electron chi connectivity index (χ2n) is 6.82. The normalized spacial score (nSPS) is 11.1. The molecule has 4 heterocycles. The van der Waals surface area contributed by atoms with Crippen molar-refractivity contribution in [1.82, 2.24) is 39.1 Å². The summed E-state index contributed by atoms with van der Waals surface area (Å²) in [6, 6.07) is 16.2. The monoisotopic (exact) mass is 396 g/mol. The Morgan fingerprint density at radius 2 is 1.83 bits per heavy atom. The van der Waals surface area contributed by atoms with Crippen molar-refractivity contribution in [2.45, 2.75) is 20.0 Å². The molecule has 0 atom stereocenters. The van der Waals surface area contributed by atoms with E-state index in [0.29, 0.717) is 6.54 Å². The van der Waals surface area contributed by atoms with Gasteiger partial charge >= 0.3 is 0 Å². The van der Waals surface area contributed by atoms with E-state index in [9.17, 15) is 0 Å². The fourth-order valence-corrected chi connectivity index (χ4v) is 3.50. The Morgan fingerprint density at radius 3 is 2.60 bits per heavy atom. The van der Waals surface area contributed by atoms with Gasteiger partial charge in [-0.15, -0.1) is 0 Å². The number of hydrogen-bond donors (Lipinski definition) is 0. The summed E-state index contributed by atoms with van der Waals surface area (Å²) >= 11 is 0. The molecule has 5 rings (SSSR count). The zero-order chi connectivity index (χ0) is 20.3. The van der Waals surface area contributed by atoms with Crippen molar-refractivity contribution in [2.24, 2.45) is 0 Å². The molecule has 1 aromatic carbocycles. The quantitative estimate of drug-likeness (QED) is 0.439. The lowest BCUT2D eigenvalue weighted by Gasteiger charge is -2.12. The van der Waals surface area contributed by atoms with E-state index >= 15 is 0 Å². The van der Waals surface area contributed by atoms with Crippen molar-refractivity contribution >= 4 is 0 Å². The number of pyridine rings is 1. The molecule has 0 spiro atoms. The van der Waals surface area contributed by atoms with Crippen LogP contribution in [-0.2, 0) is 13.1 Å². The van der Waals surface area contributed by atoms with Gasteiger partial charge in [0.2, 0.25) is 0 Å². The molecule has 8 heteroatoms. The van der Waals surface area contributed by atoms with Gasteiger partial charge in [0.15, 0.2) is 5.82 Å². The zero-order valence-electron chi connectivity index (χ0n) is 16.5. The predicted octanol–water partition coefficient (Wildman–Crippen LogP) is 3.46. The van der Waals surface area contributed by atoms with E-state index in [-0.39, 0.29) is 0 Å². The van der Waals surface area contributed by atoms with Crippen LogP contribution in [0.2, 0.25) is 0 Å². The molecule has 0 fully saturated rings. The van der Waals surface area contributed by atoms with Crippen LogP contribution in [0, 0.1) is 0 Å². The molecule has 5 aromatic rings. The van der Waals surface area contributed by atoms with Gasteiger partial charge in [-0.05, 0) is 19.1 Å². The molecule has 0 radical (unpaired) electrons. The third-order valence-corrected chi connectivity index (χ3v) is 4.94. The third-order valence-electron chi connectivity index (χ3n) is 4.94. The van der Waals surface area contributed by atoms with Gasteiger partial charge in [-0.1, -0.05) is 36.4 Å². The number of imidazole rings is 1. The molecule has 0 saturated heterocycles. The minimum Gasteiger partial charge on any atom is -0.324 e. The van der Waals surface area contributed by atoms with Gasteiger partial charge in [0, 0.05) is 30.1 Å². The van der Waals surface area contributed by atoms with Gasteiger partial charge < -0.3 is 4.57 Å². The lowest BCUT2D eigenvalue weighted by atomic mass is 10.1. The van der Waals surface area contributed by atoms with Gasteiger partial charge in [0.1, 0.15) is 18.3 Å². The maximum absolute atomic E-state index is 4.74. The maximum Gasteiger partial charge on any atom is 0.160 e. The van der Waals surface area contributed by atoms with Gasteiger partial charge in [0.05, 0.1) is 24.3 Å². The molecule has 30 heavy (non-hydrogen) atoms. The fourth-order valence-electron chi connectivity index (χ4n) is 3.50. The van der Waals surface area contributed by atoms with Crippen LogP contribution in [0.5, 0.6) is 0 Å². The minimum atomic E-state index is 0.581. The Labute approximate surface area is 173 Å². The SMILES string of the molecule is CCn1ccc(-c2c(-c3ccccc3)ncn2Cc2cccnc2-n2cncn2)n1. The molecule has 0 bridgehead atoms. The molecule has 0 N–H and O–H groups in total. The molecule has 4 aromatic heterocycles. The minimum absolute atomic E-state index is 0.581. The van der Waals surface area contributed by atoms with Gasteiger partial charge in [-0.25, -0.2) is 19.6 Å². The summed E-state index contributed by atoms with van der Waals surface area (Å²) in [5, 5.41) is 8.98. The van der Waals surface area contributed by atoms with E-state index in [1.807, 2.05) is 53.6 Å². The van der Waals surface area contributed by atoms with Gasteiger partial charge in [-0.3, -0.25) is 4.68 Å². The molecule has 148 valence electrons. The van der Waals surface area contributed by atoms with Crippen LogP contribution in [0.25, 0.3) is 28.5 Å². The summed E-state index contributed by atoms with van der Waals surface area (Å²) in [4.78, 5) is 13.3. The van der Waals surface area contributed by atoms with Crippen LogP contribution in [0.3, 0.4) is 0 Å². The van der Waals surface area contributed by atoms with Crippen LogP contribution >= 0.6 is 0 Å². The van der Waals surface area contributed by atoms with Gasteiger partial charge in [0.25, 0.3) is 0 Å². The fraction of sp³-hybridized carbons (Fsp3) is 0.136. The number of rotatable bonds is 6. The summed E-state index contributed by atoms with van der Waals surface area (Å²) in [5.74, 6) is 0.745. The topological polar surface area (TPSA) is 79.2 Å². The van der Waals surface area contributed by atoms with Crippen molar-refractivity contribution in [2.75, 3.05) is 0 Å². The Hall–Kier alpha value is -4.07. The second-order valence-corrected chi connectivity index (χ2v) is 6.82. The van der Waals surface area contributed by atoms with Crippen LogP contribution in [-0.4, -0.2) is 39.1 Å². The van der Waals surface area contributed by atoms with Crippen LogP contribution in [0.1, 0.15) is 12.5 Å². The molecular weight excluding hydrogens is 376 g/mol. The van der Waals surface area contributed by atoms with Crippen LogP contribution in [0.4, 0.5) is 0 Å². The van der Waals surface area contributed by atoms with E-state index in [1.165, 1.54) is 6.33 Å². The molecule has 0 aliphatic rings. The third kappa shape index (κ3) is 3.28. The number of nitrogens with zero attached hydrogens (tertiary/aromatic N) is 8. The lowest BCUT2D eigenvalue weighted by Crippen LogP contribution is -2.08. The standard InChI is InChI=1S/C22H20N8/c1-2-29-12-10-19(27-29)21-20(17-7-4-3-5-8-17)25-16-28(21)13-18-9-6-11-24-22(18)30-15-23-14-26-30/h3-12,14-16H,2,13H2,1H3. The molecule has 0 amide bonds. The van der Waals surface area contributed by atoms with Crippen LogP contribution in [0.15, 0.2) is 79.9 Å². The lowest BCUT2D eigenvalue weighted by molar-refractivity contribution is 0.660. The van der Waals surface area contributed by atoms with Crippen molar-refractivity contribution in [3.8, 4) is 28.5 Å². The molecule has 0 aliphatic heterocycles. The first kappa shape index (κ1) is 18.0. The summed E-state index contributed by atoms with van der Waals surface area (Å²) < 4.78 is 5.71. The van der Waals surface area contributed by atoms with Crippen LogP contribution < -0.4 is 0 Å². The first-order valence-corrected chi connectivity index (χ1v) is 9.76. The smallest absolute Gasteiger partial charge is 0.160 e. The number of benzene rings is 1. The van der Waals surface area contributed by atoms with Crippen molar-refractivity contribution < 1.29 is 0 Å². The average Bonchev–Trinajstić information content (AvgIpc) is 3.55. The molecule has 0 saturated carbocycles. The highest BCUT2D eigenvalue weighted by atomic mass is 15.3. The molecule has 8 nitrogen and oxygen atoms in total. The highest BCUT2D eigenvalue weighted by Crippen LogP contribution is 2.31. The van der Waals surface area contributed by atoms with Crippen molar-refractivity contribution in [1.29, 1.82) is 0 Å². The predicted molar refractivity (Wildman–Crippen MR) is 113 cm³/mol. The zero-order valence-corrected chi connectivity index (χ0v) is 16.5. The number of aromatic nitrogens is 8. The Morgan fingerprint density at radius 1 is 0.933 bits per heavy atom.